The average Bonchev–Trinajstić information content (AvgIpc) is 2.77. The highest BCUT2D eigenvalue weighted by atomic mass is 15.2. The van der Waals surface area contributed by atoms with Crippen LogP contribution in [0.1, 0.15) is 52.4 Å². The van der Waals surface area contributed by atoms with Crippen LogP contribution in [0.15, 0.2) is 0 Å². The molecule has 0 spiro atoms. The van der Waals surface area contributed by atoms with Crippen LogP contribution in [-0.4, -0.2) is 37.6 Å². The predicted octanol–water partition coefficient (Wildman–Crippen LogP) is 3.13. The lowest BCUT2D eigenvalue weighted by Gasteiger charge is -2.37. The number of hydrogen-bond donors (Lipinski definition) is 1. The van der Waals surface area contributed by atoms with Gasteiger partial charge in [0.2, 0.25) is 0 Å². The molecule has 1 N–H and O–H groups in total. The van der Waals surface area contributed by atoms with Gasteiger partial charge in [0, 0.05) is 19.1 Å². The van der Waals surface area contributed by atoms with Crippen LogP contribution >= 0.6 is 0 Å². The van der Waals surface area contributed by atoms with Crippen LogP contribution in [0.2, 0.25) is 0 Å². The fourth-order valence-corrected chi connectivity index (χ4v) is 4.13. The van der Waals surface area contributed by atoms with E-state index in [4.69, 9.17) is 0 Å². The molecule has 0 aromatic carbocycles. The van der Waals surface area contributed by atoms with E-state index < -0.39 is 0 Å². The first-order valence-electron chi connectivity index (χ1n) is 8.12. The monoisotopic (exact) mass is 252 g/mol. The minimum atomic E-state index is 0.770. The van der Waals surface area contributed by atoms with Crippen LogP contribution < -0.4 is 5.32 Å². The second-order valence-corrected chi connectivity index (χ2v) is 6.78. The highest BCUT2D eigenvalue weighted by molar-refractivity contribution is 4.86. The lowest BCUT2D eigenvalue weighted by atomic mass is 9.78. The normalized spacial score (nSPS) is 38.2. The summed E-state index contributed by atoms with van der Waals surface area (Å²) >= 11 is 0. The third-order valence-electron chi connectivity index (χ3n) is 5.18. The highest BCUT2D eigenvalue weighted by Gasteiger charge is 2.31. The van der Waals surface area contributed by atoms with Gasteiger partial charge in [-0.25, -0.2) is 0 Å². The molecule has 2 fully saturated rings. The molecule has 0 bridgehead atoms. The third-order valence-corrected chi connectivity index (χ3v) is 5.18. The van der Waals surface area contributed by atoms with Gasteiger partial charge >= 0.3 is 0 Å². The molecule has 1 heterocycles. The summed E-state index contributed by atoms with van der Waals surface area (Å²) in [5.41, 5.74) is 0. The zero-order valence-corrected chi connectivity index (χ0v) is 12.6. The second kappa shape index (κ2) is 6.91. The molecule has 2 aliphatic rings. The summed E-state index contributed by atoms with van der Waals surface area (Å²) in [4.78, 5) is 2.74. The van der Waals surface area contributed by atoms with Gasteiger partial charge in [-0.2, -0.15) is 0 Å². The molecule has 0 aromatic rings. The van der Waals surface area contributed by atoms with E-state index in [0.717, 1.165) is 23.8 Å². The molecule has 0 radical (unpaired) electrons. The standard InChI is InChI=1S/C16H32N2/c1-4-5-14-8-9-18(11-14)12-15-10-13(2)6-7-16(15)17-3/h13-17H,4-12H2,1-3H3. The van der Waals surface area contributed by atoms with Crippen molar-refractivity contribution in [3.05, 3.63) is 0 Å². The van der Waals surface area contributed by atoms with Crippen LogP contribution in [0.25, 0.3) is 0 Å². The van der Waals surface area contributed by atoms with Gasteiger partial charge in [0.1, 0.15) is 0 Å². The summed E-state index contributed by atoms with van der Waals surface area (Å²) in [6.07, 6.45) is 8.47. The fraction of sp³-hybridized carbons (Fsp3) is 1.00. The van der Waals surface area contributed by atoms with Crippen LogP contribution in [-0.2, 0) is 0 Å². The Bertz CT molecular complexity index is 241. The van der Waals surface area contributed by atoms with E-state index >= 15 is 0 Å². The topological polar surface area (TPSA) is 15.3 Å². The van der Waals surface area contributed by atoms with Crippen molar-refractivity contribution in [3.8, 4) is 0 Å². The molecule has 4 atom stereocenters. The molecule has 0 amide bonds. The third kappa shape index (κ3) is 3.71. The molecule has 0 aromatic heterocycles. The number of rotatable bonds is 5. The van der Waals surface area contributed by atoms with E-state index in [2.05, 4.69) is 31.1 Å². The van der Waals surface area contributed by atoms with Crippen LogP contribution in [0, 0.1) is 17.8 Å². The van der Waals surface area contributed by atoms with Crippen LogP contribution in [0.4, 0.5) is 0 Å². The molecule has 2 nitrogen and oxygen atoms in total. The van der Waals surface area contributed by atoms with Gasteiger partial charge in [0.15, 0.2) is 0 Å². The molecule has 2 heteroatoms. The molecule has 1 aliphatic heterocycles. The predicted molar refractivity (Wildman–Crippen MR) is 78.8 cm³/mol. The van der Waals surface area contributed by atoms with Gasteiger partial charge in [-0.1, -0.05) is 20.3 Å². The molecule has 1 saturated heterocycles. The summed E-state index contributed by atoms with van der Waals surface area (Å²) in [6, 6.07) is 0.770. The maximum Gasteiger partial charge on any atom is 0.0105 e. The summed E-state index contributed by atoms with van der Waals surface area (Å²) in [5.74, 6) is 2.82. The summed E-state index contributed by atoms with van der Waals surface area (Å²) in [5, 5.41) is 3.56. The Hall–Kier alpha value is -0.0800. The zero-order valence-electron chi connectivity index (χ0n) is 12.6. The SMILES string of the molecule is CCCC1CCN(CC2CC(C)CCC2NC)C1. The van der Waals surface area contributed by atoms with Gasteiger partial charge < -0.3 is 10.2 Å². The zero-order chi connectivity index (χ0) is 13.0. The Morgan fingerprint density at radius 3 is 2.78 bits per heavy atom. The lowest BCUT2D eigenvalue weighted by molar-refractivity contribution is 0.162. The average molecular weight is 252 g/mol. The second-order valence-electron chi connectivity index (χ2n) is 6.78. The Morgan fingerprint density at radius 2 is 2.06 bits per heavy atom. The van der Waals surface area contributed by atoms with Crippen molar-refractivity contribution in [2.75, 3.05) is 26.7 Å². The van der Waals surface area contributed by atoms with Crippen LogP contribution in [0.3, 0.4) is 0 Å². The Morgan fingerprint density at radius 1 is 1.22 bits per heavy atom. The van der Waals surface area contributed by atoms with Crippen molar-refractivity contribution in [1.29, 1.82) is 0 Å². The number of nitrogens with zero attached hydrogens (tertiary/aromatic N) is 1. The minimum absolute atomic E-state index is 0.770. The molecule has 1 aliphatic carbocycles. The molecule has 2 rings (SSSR count). The lowest BCUT2D eigenvalue weighted by Crippen LogP contribution is -2.43. The number of hydrogen-bond acceptors (Lipinski definition) is 2. The van der Waals surface area contributed by atoms with E-state index in [1.54, 1.807) is 0 Å². The van der Waals surface area contributed by atoms with Crippen molar-refractivity contribution in [1.82, 2.24) is 10.2 Å². The van der Waals surface area contributed by atoms with Gasteiger partial charge in [-0.15, -0.1) is 0 Å². The first-order chi connectivity index (χ1) is 8.72. The highest BCUT2D eigenvalue weighted by Crippen LogP contribution is 2.31. The molecule has 106 valence electrons. The van der Waals surface area contributed by atoms with Crippen molar-refractivity contribution >= 4 is 0 Å². The van der Waals surface area contributed by atoms with Gasteiger partial charge in [-0.3, -0.25) is 0 Å². The number of nitrogens with one attached hydrogen (secondary N) is 1. The molecule has 4 unspecified atom stereocenters. The first kappa shape index (κ1) is 14.3. The Kier molecular flexibility index (Phi) is 5.50. The Labute approximate surface area is 114 Å². The smallest absolute Gasteiger partial charge is 0.0105 e. The largest absolute Gasteiger partial charge is 0.317 e. The Balaban J connectivity index is 1.80. The quantitative estimate of drug-likeness (QED) is 0.809. The van der Waals surface area contributed by atoms with E-state index in [9.17, 15) is 0 Å². The van der Waals surface area contributed by atoms with E-state index in [-0.39, 0.29) is 0 Å². The van der Waals surface area contributed by atoms with Crippen molar-refractivity contribution in [2.24, 2.45) is 17.8 Å². The van der Waals surface area contributed by atoms with Crippen molar-refractivity contribution < 1.29 is 0 Å². The summed E-state index contributed by atoms with van der Waals surface area (Å²) in [7, 11) is 2.15. The molecule has 1 saturated carbocycles. The van der Waals surface area contributed by atoms with E-state index in [1.807, 2.05) is 0 Å². The maximum atomic E-state index is 3.56. The molecular weight excluding hydrogens is 220 g/mol. The fourth-order valence-electron chi connectivity index (χ4n) is 4.13. The minimum Gasteiger partial charge on any atom is -0.317 e. The first-order valence-corrected chi connectivity index (χ1v) is 8.12. The van der Waals surface area contributed by atoms with E-state index in [0.29, 0.717) is 0 Å². The van der Waals surface area contributed by atoms with Gasteiger partial charge in [0.25, 0.3) is 0 Å². The van der Waals surface area contributed by atoms with E-state index in [1.165, 1.54) is 58.2 Å². The van der Waals surface area contributed by atoms with Gasteiger partial charge in [0.05, 0.1) is 0 Å². The molecular formula is C16H32N2. The summed E-state index contributed by atoms with van der Waals surface area (Å²) in [6.45, 7) is 8.82. The number of likely N-dealkylation sites (tertiary alicyclic amines) is 1. The van der Waals surface area contributed by atoms with Crippen molar-refractivity contribution in [3.63, 3.8) is 0 Å². The molecule has 18 heavy (non-hydrogen) atoms. The van der Waals surface area contributed by atoms with Gasteiger partial charge in [-0.05, 0) is 63.5 Å². The maximum absolute atomic E-state index is 3.56. The van der Waals surface area contributed by atoms with Crippen LogP contribution in [0.5, 0.6) is 0 Å². The summed E-state index contributed by atoms with van der Waals surface area (Å²) < 4.78 is 0. The van der Waals surface area contributed by atoms with Crippen molar-refractivity contribution in [2.45, 2.75) is 58.4 Å².